The van der Waals surface area contributed by atoms with Crippen molar-refractivity contribution in [2.75, 3.05) is 13.1 Å². The van der Waals surface area contributed by atoms with E-state index in [4.69, 9.17) is 0 Å². The molecular formula is C18H19N5O3S2. The monoisotopic (exact) mass is 417 g/mol. The summed E-state index contributed by atoms with van der Waals surface area (Å²) < 4.78 is 29.9. The van der Waals surface area contributed by atoms with Crippen LogP contribution in [0, 0.1) is 0 Å². The molecule has 8 nitrogen and oxygen atoms in total. The summed E-state index contributed by atoms with van der Waals surface area (Å²) in [6.45, 7) is 0.868. The molecule has 0 atom stereocenters. The lowest BCUT2D eigenvalue weighted by Crippen LogP contribution is -2.45. The van der Waals surface area contributed by atoms with E-state index in [1.54, 1.807) is 16.3 Å². The molecule has 1 N–H and O–H groups in total. The molecular weight excluding hydrogens is 398 g/mol. The third-order valence-corrected chi connectivity index (χ3v) is 6.84. The van der Waals surface area contributed by atoms with Gasteiger partial charge in [-0.25, -0.2) is 14.4 Å². The third kappa shape index (κ3) is 3.98. The van der Waals surface area contributed by atoms with Crippen LogP contribution in [0.4, 0.5) is 0 Å². The van der Waals surface area contributed by atoms with E-state index in [0.717, 1.165) is 30.5 Å². The quantitative estimate of drug-likeness (QED) is 0.688. The third-order valence-electron chi connectivity index (χ3n) is 4.46. The lowest BCUT2D eigenvalue weighted by molar-refractivity contribution is 0.0974. The molecule has 28 heavy (non-hydrogen) atoms. The molecule has 0 saturated carbocycles. The summed E-state index contributed by atoms with van der Waals surface area (Å²) in [6, 6.07) is 9.64. The number of piperidine rings is 1. The smallest absolute Gasteiger partial charge is 0.266 e. The van der Waals surface area contributed by atoms with Gasteiger partial charge in [-0.3, -0.25) is 4.79 Å². The highest BCUT2D eigenvalue weighted by Gasteiger charge is 2.27. The molecule has 0 radical (unpaired) electrons. The van der Waals surface area contributed by atoms with E-state index in [0.29, 0.717) is 18.1 Å². The number of hydrogen-bond acceptors (Lipinski definition) is 6. The fourth-order valence-electron chi connectivity index (χ4n) is 3.01. The molecule has 1 aliphatic heterocycles. The first-order chi connectivity index (χ1) is 13.5. The lowest BCUT2D eigenvalue weighted by atomic mass is 10.2. The van der Waals surface area contributed by atoms with Crippen molar-refractivity contribution in [2.45, 2.75) is 19.3 Å². The molecule has 1 aliphatic rings. The number of para-hydroxylation sites is 1. The largest absolute Gasteiger partial charge is 0.304 e. The maximum absolute atomic E-state index is 12.4. The van der Waals surface area contributed by atoms with Crippen LogP contribution in [-0.4, -0.2) is 46.5 Å². The fraction of sp³-hybridized carbons (Fsp3) is 0.278. The van der Waals surface area contributed by atoms with E-state index in [2.05, 4.69) is 14.8 Å². The Morgan fingerprint density at radius 2 is 1.86 bits per heavy atom. The van der Waals surface area contributed by atoms with Gasteiger partial charge in [0.1, 0.15) is 10.7 Å². The number of rotatable bonds is 5. The van der Waals surface area contributed by atoms with Gasteiger partial charge in [-0.15, -0.1) is 11.3 Å². The van der Waals surface area contributed by atoms with E-state index < -0.39 is 16.1 Å². The molecule has 1 amide bonds. The van der Waals surface area contributed by atoms with Gasteiger partial charge in [0.05, 0.1) is 11.9 Å². The average molecular weight is 418 g/mol. The molecule has 1 fully saturated rings. The zero-order valence-corrected chi connectivity index (χ0v) is 16.6. The fourth-order valence-corrected chi connectivity index (χ4v) is 4.99. The highest BCUT2D eigenvalue weighted by atomic mass is 32.2. The zero-order chi connectivity index (χ0) is 19.6. The van der Waals surface area contributed by atoms with Crippen molar-refractivity contribution in [1.29, 1.82) is 0 Å². The molecule has 3 heterocycles. The molecule has 146 valence electrons. The minimum Gasteiger partial charge on any atom is -0.266 e. The van der Waals surface area contributed by atoms with Crippen LogP contribution in [0.1, 0.15) is 29.8 Å². The number of carbonyl (C=O) groups is 1. The topological polar surface area (TPSA) is 97.2 Å². The van der Waals surface area contributed by atoms with Gasteiger partial charge in [-0.1, -0.05) is 24.6 Å². The van der Waals surface area contributed by atoms with Crippen LogP contribution in [0.3, 0.4) is 0 Å². The van der Waals surface area contributed by atoms with Crippen LogP contribution in [0.15, 0.2) is 48.1 Å². The molecule has 0 bridgehead atoms. The number of benzene rings is 1. The summed E-state index contributed by atoms with van der Waals surface area (Å²) in [7, 11) is -3.84. The average Bonchev–Trinajstić information content (AvgIpc) is 3.39. The molecule has 0 aliphatic carbocycles. The van der Waals surface area contributed by atoms with Crippen LogP contribution in [0.25, 0.3) is 16.3 Å². The van der Waals surface area contributed by atoms with Crippen molar-refractivity contribution in [2.24, 2.45) is 0 Å². The Labute approximate surface area is 167 Å². The van der Waals surface area contributed by atoms with Crippen LogP contribution < -0.4 is 4.72 Å². The number of aromatic nitrogens is 3. The minimum atomic E-state index is -3.84. The Hall–Kier alpha value is -2.56. The van der Waals surface area contributed by atoms with Crippen LogP contribution in [-0.2, 0) is 10.2 Å². The number of hydrogen-bond donors (Lipinski definition) is 1. The van der Waals surface area contributed by atoms with Gasteiger partial charge in [0, 0.05) is 30.2 Å². The molecule has 1 aromatic carbocycles. The second kappa shape index (κ2) is 7.82. The Balaban J connectivity index is 1.48. The number of carbonyl (C=O) groups excluding carboxylic acids is 1. The summed E-state index contributed by atoms with van der Waals surface area (Å²) in [5.41, 5.74) is 1.75. The highest BCUT2D eigenvalue weighted by molar-refractivity contribution is 7.87. The first-order valence-corrected chi connectivity index (χ1v) is 11.2. The van der Waals surface area contributed by atoms with Gasteiger partial charge in [0.15, 0.2) is 0 Å². The van der Waals surface area contributed by atoms with Gasteiger partial charge in [0.25, 0.3) is 5.91 Å². The molecule has 2 aromatic heterocycles. The molecule has 1 saturated heterocycles. The van der Waals surface area contributed by atoms with Crippen LogP contribution in [0.5, 0.6) is 0 Å². The molecule has 4 rings (SSSR count). The van der Waals surface area contributed by atoms with E-state index in [1.807, 2.05) is 36.5 Å². The summed E-state index contributed by atoms with van der Waals surface area (Å²) >= 11 is 1.27. The van der Waals surface area contributed by atoms with Crippen molar-refractivity contribution in [3.05, 3.63) is 53.8 Å². The first kappa shape index (κ1) is 18.8. The summed E-state index contributed by atoms with van der Waals surface area (Å²) in [5.74, 6) is -0.719. The van der Waals surface area contributed by atoms with Crippen molar-refractivity contribution < 1.29 is 13.2 Å². The summed E-state index contributed by atoms with van der Waals surface area (Å²) in [4.78, 5) is 16.7. The van der Waals surface area contributed by atoms with Crippen molar-refractivity contribution in [3.8, 4) is 16.3 Å². The molecule has 10 heteroatoms. The number of nitrogens with zero attached hydrogens (tertiary/aromatic N) is 4. The summed E-state index contributed by atoms with van der Waals surface area (Å²) in [6.07, 6.45) is 6.10. The van der Waals surface area contributed by atoms with Gasteiger partial charge in [-0.05, 0) is 25.0 Å². The van der Waals surface area contributed by atoms with Crippen molar-refractivity contribution in [3.63, 3.8) is 0 Å². The van der Waals surface area contributed by atoms with E-state index in [1.165, 1.54) is 15.6 Å². The Bertz CT molecular complexity index is 1070. The maximum atomic E-state index is 12.4. The SMILES string of the molecule is O=C(NS(=O)(=O)N1CCCCC1)c1csc(-c2cnn(-c3ccccc3)c2)n1. The second-order valence-corrected chi connectivity index (χ2v) is 8.97. The first-order valence-electron chi connectivity index (χ1n) is 8.91. The number of amides is 1. The van der Waals surface area contributed by atoms with E-state index >= 15 is 0 Å². The standard InChI is InChI=1S/C18H19N5O3S2/c24-17(21-28(25,26)22-9-5-2-6-10-22)16-13-27-18(20-16)14-11-19-23(12-14)15-7-3-1-4-8-15/h1,3-4,7-8,11-13H,2,5-6,9-10H2,(H,21,24). The predicted octanol–water partition coefficient (Wildman–Crippen LogP) is 2.46. The Morgan fingerprint density at radius 1 is 1.11 bits per heavy atom. The molecule has 0 spiro atoms. The Morgan fingerprint density at radius 3 is 2.61 bits per heavy atom. The van der Waals surface area contributed by atoms with Crippen molar-refractivity contribution >= 4 is 27.5 Å². The lowest BCUT2D eigenvalue weighted by Gasteiger charge is -2.25. The van der Waals surface area contributed by atoms with E-state index in [-0.39, 0.29) is 5.69 Å². The number of nitrogens with one attached hydrogen (secondary N) is 1. The van der Waals surface area contributed by atoms with Crippen LogP contribution in [0.2, 0.25) is 0 Å². The minimum absolute atomic E-state index is 0.0769. The normalized spacial score (nSPS) is 15.4. The predicted molar refractivity (Wildman–Crippen MR) is 106 cm³/mol. The van der Waals surface area contributed by atoms with Gasteiger partial charge in [0.2, 0.25) is 0 Å². The highest BCUT2D eigenvalue weighted by Crippen LogP contribution is 2.24. The van der Waals surface area contributed by atoms with Gasteiger partial charge >= 0.3 is 10.2 Å². The molecule has 0 unspecified atom stereocenters. The maximum Gasteiger partial charge on any atom is 0.304 e. The van der Waals surface area contributed by atoms with E-state index in [9.17, 15) is 13.2 Å². The molecule has 3 aromatic rings. The summed E-state index contributed by atoms with van der Waals surface area (Å²) in [5, 5.41) is 6.47. The van der Waals surface area contributed by atoms with Crippen molar-refractivity contribution in [1.82, 2.24) is 23.8 Å². The van der Waals surface area contributed by atoms with Crippen LogP contribution >= 0.6 is 11.3 Å². The Kier molecular flexibility index (Phi) is 5.25. The number of thiazole rings is 1. The second-order valence-electron chi connectivity index (χ2n) is 6.44. The van der Waals surface area contributed by atoms with Gasteiger partial charge in [-0.2, -0.15) is 17.8 Å². The van der Waals surface area contributed by atoms with Gasteiger partial charge < -0.3 is 0 Å². The zero-order valence-electron chi connectivity index (χ0n) is 15.0.